The van der Waals surface area contributed by atoms with E-state index in [4.69, 9.17) is 0 Å². The lowest BCUT2D eigenvalue weighted by Crippen LogP contribution is -2.42. The zero-order valence-corrected chi connectivity index (χ0v) is 17.4. The van der Waals surface area contributed by atoms with Crippen LogP contribution in [0.4, 0.5) is 0 Å². The van der Waals surface area contributed by atoms with Gasteiger partial charge in [0.05, 0.1) is 11.7 Å². The van der Waals surface area contributed by atoms with Gasteiger partial charge in [-0.05, 0) is 49.9 Å². The van der Waals surface area contributed by atoms with Gasteiger partial charge < -0.3 is 4.98 Å². The summed E-state index contributed by atoms with van der Waals surface area (Å²) in [6.07, 6.45) is 7.53. The number of aromatic amines is 1. The Morgan fingerprint density at radius 3 is 2.50 bits per heavy atom. The summed E-state index contributed by atoms with van der Waals surface area (Å²) in [5.74, 6) is 0. The van der Waals surface area contributed by atoms with Crippen molar-refractivity contribution in [2.24, 2.45) is 0 Å². The van der Waals surface area contributed by atoms with Gasteiger partial charge in [-0.2, -0.15) is 5.26 Å². The van der Waals surface area contributed by atoms with Crippen molar-refractivity contribution in [1.82, 2.24) is 19.9 Å². The predicted molar refractivity (Wildman–Crippen MR) is 120 cm³/mol. The Kier molecular flexibility index (Phi) is 4.72. The fourth-order valence-corrected chi connectivity index (χ4v) is 4.69. The molecule has 1 aliphatic heterocycles. The lowest BCUT2D eigenvalue weighted by Gasteiger charge is -2.39. The normalized spacial score (nSPS) is 19.9. The number of nitrogens with one attached hydrogen (secondary N) is 1. The van der Waals surface area contributed by atoms with E-state index in [9.17, 15) is 5.26 Å². The molecule has 5 rings (SSSR count). The molecular weight excluding hydrogens is 370 g/mol. The van der Waals surface area contributed by atoms with Crippen LogP contribution in [0.15, 0.2) is 48.8 Å². The molecule has 150 valence electrons. The number of hydrogen-bond donors (Lipinski definition) is 1. The molecular formula is C25H25N5. The van der Waals surface area contributed by atoms with Gasteiger partial charge in [-0.3, -0.25) is 4.90 Å². The maximum absolute atomic E-state index is 9.17. The molecule has 5 nitrogen and oxygen atoms in total. The minimum absolute atomic E-state index is 0.416. The van der Waals surface area contributed by atoms with Crippen molar-refractivity contribution in [1.29, 1.82) is 5.26 Å². The van der Waals surface area contributed by atoms with Gasteiger partial charge in [0.25, 0.3) is 0 Å². The Labute approximate surface area is 176 Å². The third kappa shape index (κ3) is 3.34. The lowest BCUT2D eigenvalue weighted by molar-refractivity contribution is 0.0953. The lowest BCUT2D eigenvalue weighted by atomic mass is 9.96. The third-order valence-corrected chi connectivity index (χ3v) is 6.48. The predicted octanol–water partition coefficient (Wildman–Crippen LogP) is 5.41. The summed E-state index contributed by atoms with van der Waals surface area (Å²) in [6.45, 7) is 5.70. The molecule has 4 heterocycles. The van der Waals surface area contributed by atoms with Crippen molar-refractivity contribution in [3.05, 3.63) is 60.0 Å². The molecule has 1 aromatic carbocycles. The first-order valence-electron chi connectivity index (χ1n) is 10.6. The third-order valence-electron chi connectivity index (χ3n) is 6.48. The van der Waals surface area contributed by atoms with E-state index in [1.807, 2.05) is 12.3 Å². The Morgan fingerprint density at radius 2 is 1.77 bits per heavy atom. The summed E-state index contributed by atoms with van der Waals surface area (Å²) < 4.78 is 0. The van der Waals surface area contributed by atoms with Crippen molar-refractivity contribution < 1.29 is 0 Å². The number of likely N-dealkylation sites (tertiary alicyclic amines) is 1. The Hall–Kier alpha value is -3.23. The molecule has 1 N–H and O–H groups in total. The van der Waals surface area contributed by atoms with Crippen LogP contribution in [0.2, 0.25) is 0 Å². The van der Waals surface area contributed by atoms with Crippen LogP contribution < -0.4 is 0 Å². The Morgan fingerprint density at radius 1 is 1.00 bits per heavy atom. The van der Waals surface area contributed by atoms with Crippen LogP contribution in [0.5, 0.6) is 0 Å². The van der Waals surface area contributed by atoms with Crippen molar-refractivity contribution in [2.45, 2.75) is 51.7 Å². The summed E-state index contributed by atoms with van der Waals surface area (Å²) in [5, 5.41) is 11.2. The number of aromatic nitrogens is 3. The van der Waals surface area contributed by atoms with E-state index in [0.717, 1.165) is 39.6 Å². The topological polar surface area (TPSA) is 68.6 Å². The van der Waals surface area contributed by atoms with Crippen molar-refractivity contribution >= 4 is 21.9 Å². The largest absolute Gasteiger partial charge is 0.338 e. The SMILES string of the molecule is C[C@@H]1CCC[C@H](C)N1Cc1ccc(-c2cnc3[nH]c4cnc(C#N)cc4c3c2)cc1. The van der Waals surface area contributed by atoms with Crippen LogP contribution in [-0.4, -0.2) is 31.9 Å². The van der Waals surface area contributed by atoms with Gasteiger partial charge in [0, 0.05) is 41.2 Å². The van der Waals surface area contributed by atoms with Gasteiger partial charge in [0.15, 0.2) is 0 Å². The summed E-state index contributed by atoms with van der Waals surface area (Å²) in [4.78, 5) is 14.7. The smallest absolute Gasteiger partial charge is 0.141 e. The minimum Gasteiger partial charge on any atom is -0.338 e. The standard InChI is InChI=1S/C25H25N5/c1-16-4-3-5-17(2)30(16)15-18-6-8-19(9-7-18)20-10-23-22-11-21(12-26)27-14-24(22)29-25(23)28-13-20/h6-11,13-14,16-17H,3-5,15H2,1-2H3,(H,28,29)/t16-,17+. The summed E-state index contributed by atoms with van der Waals surface area (Å²) in [6, 6.07) is 16.2. The molecule has 0 bridgehead atoms. The summed E-state index contributed by atoms with van der Waals surface area (Å²) in [7, 11) is 0. The molecule has 5 heteroatoms. The molecule has 0 aliphatic carbocycles. The second kappa shape index (κ2) is 7.55. The van der Waals surface area contributed by atoms with Crippen LogP contribution in [0, 0.1) is 11.3 Å². The van der Waals surface area contributed by atoms with Crippen LogP contribution in [0.3, 0.4) is 0 Å². The number of hydrogen-bond acceptors (Lipinski definition) is 4. The highest BCUT2D eigenvalue weighted by Gasteiger charge is 2.24. The molecule has 0 unspecified atom stereocenters. The maximum Gasteiger partial charge on any atom is 0.141 e. The quantitative estimate of drug-likeness (QED) is 0.503. The minimum atomic E-state index is 0.416. The maximum atomic E-state index is 9.17. The highest BCUT2D eigenvalue weighted by Crippen LogP contribution is 2.29. The molecule has 0 radical (unpaired) electrons. The van der Waals surface area contributed by atoms with Gasteiger partial charge >= 0.3 is 0 Å². The summed E-state index contributed by atoms with van der Waals surface area (Å²) in [5.41, 5.74) is 5.70. The molecule has 2 atom stereocenters. The monoisotopic (exact) mass is 395 g/mol. The fourth-order valence-electron chi connectivity index (χ4n) is 4.69. The van der Waals surface area contributed by atoms with E-state index < -0.39 is 0 Å². The molecule has 1 fully saturated rings. The van der Waals surface area contributed by atoms with Crippen molar-refractivity contribution in [3.63, 3.8) is 0 Å². The number of rotatable bonds is 3. The first-order valence-corrected chi connectivity index (χ1v) is 10.6. The number of H-pyrrole nitrogens is 1. The van der Waals surface area contributed by atoms with Gasteiger partial charge in [-0.1, -0.05) is 30.7 Å². The average Bonchev–Trinajstić information content (AvgIpc) is 3.14. The molecule has 1 saturated heterocycles. The number of benzene rings is 1. The fraction of sp³-hybridized carbons (Fsp3) is 0.320. The molecule has 3 aromatic heterocycles. The van der Waals surface area contributed by atoms with E-state index in [2.05, 4.69) is 70.1 Å². The molecule has 0 spiro atoms. The number of nitrogens with zero attached hydrogens (tertiary/aromatic N) is 4. The number of pyridine rings is 2. The van der Waals surface area contributed by atoms with E-state index >= 15 is 0 Å². The van der Waals surface area contributed by atoms with E-state index in [1.165, 1.54) is 24.8 Å². The van der Waals surface area contributed by atoms with Gasteiger partial charge in [0.2, 0.25) is 0 Å². The highest BCUT2D eigenvalue weighted by molar-refractivity contribution is 6.06. The number of nitriles is 1. The second-order valence-electron chi connectivity index (χ2n) is 8.47. The van der Waals surface area contributed by atoms with Crippen molar-refractivity contribution in [3.8, 4) is 17.2 Å². The van der Waals surface area contributed by atoms with Crippen LogP contribution in [-0.2, 0) is 6.54 Å². The molecule has 30 heavy (non-hydrogen) atoms. The molecule has 1 aliphatic rings. The van der Waals surface area contributed by atoms with Crippen molar-refractivity contribution in [2.75, 3.05) is 0 Å². The Balaban J connectivity index is 1.45. The molecule has 4 aromatic rings. The van der Waals surface area contributed by atoms with Gasteiger partial charge in [0.1, 0.15) is 17.4 Å². The second-order valence-corrected chi connectivity index (χ2v) is 8.47. The van der Waals surface area contributed by atoms with Crippen LogP contribution >= 0.6 is 0 Å². The van der Waals surface area contributed by atoms with Gasteiger partial charge in [-0.25, -0.2) is 9.97 Å². The molecule has 0 amide bonds. The van der Waals surface area contributed by atoms with Crippen LogP contribution in [0.1, 0.15) is 44.4 Å². The zero-order chi connectivity index (χ0) is 20.7. The number of piperidine rings is 1. The zero-order valence-electron chi connectivity index (χ0n) is 17.4. The summed E-state index contributed by atoms with van der Waals surface area (Å²) >= 11 is 0. The first-order chi connectivity index (χ1) is 14.6. The number of fused-ring (bicyclic) bond motifs is 3. The van der Waals surface area contributed by atoms with Crippen LogP contribution in [0.25, 0.3) is 33.1 Å². The van der Waals surface area contributed by atoms with E-state index in [0.29, 0.717) is 17.8 Å². The first kappa shape index (κ1) is 18.8. The average molecular weight is 396 g/mol. The highest BCUT2D eigenvalue weighted by atomic mass is 15.2. The van der Waals surface area contributed by atoms with Gasteiger partial charge in [-0.15, -0.1) is 0 Å². The van der Waals surface area contributed by atoms with E-state index in [-0.39, 0.29) is 0 Å². The Bertz CT molecular complexity index is 1240. The molecule has 0 saturated carbocycles. The van der Waals surface area contributed by atoms with E-state index in [1.54, 1.807) is 6.20 Å².